The van der Waals surface area contributed by atoms with Crippen molar-refractivity contribution in [2.24, 2.45) is 0 Å². The number of halogens is 1. The summed E-state index contributed by atoms with van der Waals surface area (Å²) in [7, 11) is 3.26. The second kappa shape index (κ2) is 8.11. The van der Waals surface area contributed by atoms with Crippen molar-refractivity contribution >= 4 is 16.9 Å². The minimum absolute atomic E-state index is 0.0981. The average Bonchev–Trinajstić information content (AvgIpc) is 3.38. The van der Waals surface area contributed by atoms with Crippen molar-refractivity contribution in [3.05, 3.63) is 53.6 Å². The fourth-order valence-electron chi connectivity index (χ4n) is 4.01. The zero-order chi connectivity index (χ0) is 20.4. The molecule has 1 unspecified atom stereocenters. The molecule has 1 N–H and O–H groups in total. The molecular formula is C22H24FN3O3. The fraction of sp³-hybridized carbons (Fsp3) is 0.364. The van der Waals surface area contributed by atoms with Gasteiger partial charge in [-0.1, -0.05) is 12.1 Å². The van der Waals surface area contributed by atoms with Crippen LogP contribution in [0.4, 0.5) is 4.39 Å². The van der Waals surface area contributed by atoms with Crippen molar-refractivity contribution in [1.82, 2.24) is 14.9 Å². The smallest absolute Gasteiger partial charge is 0.223 e. The lowest BCUT2D eigenvalue weighted by Crippen LogP contribution is -2.28. The van der Waals surface area contributed by atoms with Gasteiger partial charge >= 0.3 is 0 Å². The molecule has 0 saturated carbocycles. The zero-order valence-corrected chi connectivity index (χ0v) is 16.6. The van der Waals surface area contributed by atoms with Crippen LogP contribution in [0.2, 0.25) is 0 Å². The van der Waals surface area contributed by atoms with Gasteiger partial charge in [-0.2, -0.15) is 0 Å². The molecule has 1 atom stereocenters. The summed E-state index contributed by atoms with van der Waals surface area (Å²) < 4.78 is 24.3. The van der Waals surface area contributed by atoms with Crippen molar-refractivity contribution < 1.29 is 18.7 Å². The number of hydrogen-bond donors (Lipinski definition) is 1. The standard InChI is InChI=1S/C22H24FN3O3/c1-28-19-5-3-4-16(22(19)29-2)14-10-11-26(13-14)21(27)9-8-20-24-17-7-6-15(23)12-18(17)25-20/h3-7,12,14H,8-11,13H2,1-2H3,(H,24,25). The van der Waals surface area contributed by atoms with Crippen molar-refractivity contribution in [3.8, 4) is 11.5 Å². The number of amides is 1. The number of nitrogens with zero attached hydrogens (tertiary/aromatic N) is 2. The van der Waals surface area contributed by atoms with Crippen molar-refractivity contribution in [3.63, 3.8) is 0 Å². The Balaban J connectivity index is 1.39. The molecule has 1 aromatic heterocycles. The predicted octanol–water partition coefficient (Wildman–Crippen LogP) is 3.67. The summed E-state index contributed by atoms with van der Waals surface area (Å²) in [6.07, 6.45) is 1.75. The van der Waals surface area contributed by atoms with Crippen molar-refractivity contribution in [2.75, 3.05) is 27.3 Å². The molecule has 0 aliphatic carbocycles. The molecule has 152 valence electrons. The maximum absolute atomic E-state index is 13.3. The maximum atomic E-state index is 13.3. The summed E-state index contributed by atoms with van der Waals surface area (Å²) in [6, 6.07) is 10.3. The van der Waals surface area contributed by atoms with Gasteiger partial charge in [-0.15, -0.1) is 0 Å². The number of aryl methyl sites for hydroxylation is 1. The molecule has 1 aliphatic heterocycles. The second-order valence-corrected chi connectivity index (χ2v) is 7.25. The Labute approximate surface area is 168 Å². The molecule has 0 spiro atoms. The number of aromatic nitrogens is 2. The van der Waals surface area contributed by atoms with Gasteiger partial charge in [0.25, 0.3) is 0 Å². The van der Waals surface area contributed by atoms with E-state index in [0.29, 0.717) is 42.0 Å². The van der Waals surface area contributed by atoms with Gasteiger partial charge < -0.3 is 19.4 Å². The molecule has 1 amide bonds. The molecule has 2 heterocycles. The zero-order valence-electron chi connectivity index (χ0n) is 16.6. The van der Waals surface area contributed by atoms with Crippen LogP contribution in [0.25, 0.3) is 11.0 Å². The van der Waals surface area contributed by atoms with Crippen LogP contribution in [0.5, 0.6) is 11.5 Å². The van der Waals surface area contributed by atoms with Crippen LogP contribution in [-0.2, 0) is 11.2 Å². The van der Waals surface area contributed by atoms with Crippen molar-refractivity contribution in [2.45, 2.75) is 25.2 Å². The summed E-state index contributed by atoms with van der Waals surface area (Å²) in [5, 5.41) is 0. The van der Waals surface area contributed by atoms with E-state index in [1.807, 2.05) is 23.1 Å². The highest BCUT2D eigenvalue weighted by molar-refractivity contribution is 5.78. The van der Waals surface area contributed by atoms with Gasteiger partial charge in [0.2, 0.25) is 5.91 Å². The Morgan fingerprint density at radius 3 is 2.93 bits per heavy atom. The number of hydrogen-bond acceptors (Lipinski definition) is 4. The van der Waals surface area contributed by atoms with E-state index in [1.54, 1.807) is 20.3 Å². The Morgan fingerprint density at radius 1 is 1.28 bits per heavy atom. The number of H-pyrrole nitrogens is 1. The first kappa shape index (κ1) is 19.2. The molecule has 0 radical (unpaired) electrons. The molecule has 1 fully saturated rings. The molecule has 7 heteroatoms. The van der Waals surface area contributed by atoms with E-state index in [1.165, 1.54) is 12.1 Å². The van der Waals surface area contributed by atoms with Crippen LogP contribution in [0.3, 0.4) is 0 Å². The number of aromatic amines is 1. The molecule has 1 aliphatic rings. The van der Waals surface area contributed by atoms with Gasteiger partial charge in [0.1, 0.15) is 11.6 Å². The number of para-hydroxylation sites is 1. The summed E-state index contributed by atoms with van der Waals surface area (Å²) in [4.78, 5) is 22.1. The highest BCUT2D eigenvalue weighted by Crippen LogP contribution is 2.39. The molecule has 2 aromatic carbocycles. The number of imidazole rings is 1. The van der Waals surface area contributed by atoms with Gasteiger partial charge in [-0.25, -0.2) is 9.37 Å². The Bertz CT molecular complexity index is 1030. The number of likely N-dealkylation sites (tertiary alicyclic amines) is 1. The van der Waals surface area contributed by atoms with Gasteiger partial charge in [-0.3, -0.25) is 4.79 Å². The van der Waals surface area contributed by atoms with E-state index in [-0.39, 0.29) is 17.6 Å². The normalized spacial score (nSPS) is 16.4. The predicted molar refractivity (Wildman–Crippen MR) is 108 cm³/mol. The third-order valence-corrected chi connectivity index (χ3v) is 5.48. The lowest BCUT2D eigenvalue weighted by atomic mass is 9.97. The number of fused-ring (bicyclic) bond motifs is 1. The second-order valence-electron chi connectivity index (χ2n) is 7.25. The number of carbonyl (C=O) groups is 1. The Kier molecular flexibility index (Phi) is 5.38. The highest BCUT2D eigenvalue weighted by Gasteiger charge is 2.29. The SMILES string of the molecule is COc1cccc(C2CCN(C(=O)CCc3nc4ccc(F)cc4[nH]3)C2)c1OC. The van der Waals surface area contributed by atoms with Crippen LogP contribution in [-0.4, -0.2) is 48.1 Å². The summed E-state index contributed by atoms with van der Waals surface area (Å²) in [6.45, 7) is 1.38. The van der Waals surface area contributed by atoms with Crippen LogP contribution in [0.15, 0.2) is 36.4 Å². The monoisotopic (exact) mass is 397 g/mol. The van der Waals surface area contributed by atoms with E-state index >= 15 is 0 Å². The lowest BCUT2D eigenvalue weighted by Gasteiger charge is -2.19. The fourth-order valence-corrected chi connectivity index (χ4v) is 4.01. The number of rotatable bonds is 6. The summed E-state index contributed by atoms with van der Waals surface area (Å²) in [5.41, 5.74) is 2.43. The molecule has 0 bridgehead atoms. The molecular weight excluding hydrogens is 373 g/mol. The number of nitrogens with one attached hydrogen (secondary N) is 1. The summed E-state index contributed by atoms with van der Waals surface area (Å²) in [5.74, 6) is 2.16. The largest absolute Gasteiger partial charge is 0.493 e. The van der Waals surface area contributed by atoms with E-state index in [9.17, 15) is 9.18 Å². The molecule has 1 saturated heterocycles. The Hall–Kier alpha value is -3.09. The number of ether oxygens (including phenoxy) is 2. The minimum atomic E-state index is -0.306. The quantitative estimate of drug-likeness (QED) is 0.689. The van der Waals surface area contributed by atoms with Gasteiger partial charge in [0.15, 0.2) is 11.5 Å². The summed E-state index contributed by atoms with van der Waals surface area (Å²) >= 11 is 0. The number of methoxy groups -OCH3 is 2. The highest BCUT2D eigenvalue weighted by atomic mass is 19.1. The van der Waals surface area contributed by atoms with Crippen LogP contribution < -0.4 is 9.47 Å². The average molecular weight is 397 g/mol. The van der Waals surface area contributed by atoms with E-state index in [2.05, 4.69) is 9.97 Å². The van der Waals surface area contributed by atoms with Gasteiger partial charge in [0.05, 0.1) is 25.3 Å². The van der Waals surface area contributed by atoms with Crippen LogP contribution >= 0.6 is 0 Å². The lowest BCUT2D eigenvalue weighted by molar-refractivity contribution is -0.130. The Morgan fingerprint density at radius 2 is 2.14 bits per heavy atom. The van der Waals surface area contributed by atoms with Crippen molar-refractivity contribution in [1.29, 1.82) is 0 Å². The van der Waals surface area contributed by atoms with E-state index in [0.717, 1.165) is 24.3 Å². The van der Waals surface area contributed by atoms with Crippen LogP contribution in [0, 0.1) is 5.82 Å². The minimum Gasteiger partial charge on any atom is -0.493 e. The first-order valence-electron chi connectivity index (χ1n) is 9.72. The molecule has 4 rings (SSSR count). The maximum Gasteiger partial charge on any atom is 0.223 e. The third-order valence-electron chi connectivity index (χ3n) is 5.48. The molecule has 3 aromatic rings. The number of benzene rings is 2. The van der Waals surface area contributed by atoms with E-state index in [4.69, 9.17) is 9.47 Å². The first-order chi connectivity index (χ1) is 14.1. The van der Waals surface area contributed by atoms with Gasteiger partial charge in [0, 0.05) is 37.4 Å². The third kappa shape index (κ3) is 3.90. The van der Waals surface area contributed by atoms with Crippen LogP contribution in [0.1, 0.15) is 30.1 Å². The van der Waals surface area contributed by atoms with E-state index < -0.39 is 0 Å². The first-order valence-corrected chi connectivity index (χ1v) is 9.72. The molecule has 6 nitrogen and oxygen atoms in total. The van der Waals surface area contributed by atoms with Gasteiger partial charge in [-0.05, 0) is 30.7 Å². The number of carbonyl (C=O) groups excluding carboxylic acids is 1. The topological polar surface area (TPSA) is 67.5 Å². The molecule has 29 heavy (non-hydrogen) atoms.